The van der Waals surface area contributed by atoms with E-state index < -0.39 is 0 Å². The first-order valence-corrected chi connectivity index (χ1v) is 6.85. The number of nitrogens with zero attached hydrogens (tertiary/aromatic N) is 1. The fraction of sp³-hybridized carbons (Fsp3) is 0.167. The number of hydrogen-bond acceptors (Lipinski definition) is 1. The molecule has 0 saturated heterocycles. The summed E-state index contributed by atoms with van der Waals surface area (Å²) < 4.78 is 13.5. The van der Waals surface area contributed by atoms with Crippen molar-refractivity contribution in [2.75, 3.05) is 0 Å². The van der Waals surface area contributed by atoms with Gasteiger partial charge in [0.25, 0.3) is 0 Å². The van der Waals surface area contributed by atoms with Crippen LogP contribution < -0.4 is 0 Å². The van der Waals surface area contributed by atoms with Crippen LogP contribution in [0.15, 0.2) is 48.5 Å². The van der Waals surface area contributed by atoms with Crippen LogP contribution >= 0.6 is 0 Å². The molecular weight excluding hydrogens is 249 g/mol. The van der Waals surface area contributed by atoms with Crippen LogP contribution in [0.5, 0.6) is 0 Å². The van der Waals surface area contributed by atoms with Gasteiger partial charge in [-0.05, 0) is 42.7 Å². The molecule has 100 valence electrons. The molecule has 2 aromatic carbocycles. The molecule has 0 aliphatic carbocycles. The number of aryl methyl sites for hydroxylation is 2. The van der Waals surface area contributed by atoms with Crippen molar-refractivity contribution in [2.24, 2.45) is 0 Å². The van der Waals surface area contributed by atoms with Crippen molar-refractivity contribution in [1.29, 1.82) is 0 Å². The molecule has 1 heterocycles. The van der Waals surface area contributed by atoms with Crippen LogP contribution in [0, 0.1) is 12.7 Å². The smallest absolute Gasteiger partial charge is 0.123 e. The van der Waals surface area contributed by atoms with E-state index in [1.165, 1.54) is 6.07 Å². The number of hydrogen-bond donors (Lipinski definition) is 0. The minimum absolute atomic E-state index is 0.217. The monoisotopic (exact) mass is 265 g/mol. The lowest BCUT2D eigenvalue weighted by atomic mass is 9.94. The average molecular weight is 265 g/mol. The quantitative estimate of drug-likeness (QED) is 0.641. The standard InChI is InChI=1S/C18H16FN/c1-3-16-18(13-7-5-4-6-8-13)12(2)15-11-14(19)9-10-17(15)20-16/h4-11H,3H2,1-2H3. The highest BCUT2D eigenvalue weighted by Crippen LogP contribution is 2.32. The number of benzene rings is 2. The number of halogens is 1. The predicted molar refractivity (Wildman–Crippen MR) is 81.3 cm³/mol. The first-order chi connectivity index (χ1) is 9.70. The Morgan fingerprint density at radius 1 is 1.05 bits per heavy atom. The highest BCUT2D eigenvalue weighted by molar-refractivity contribution is 5.89. The molecule has 0 bridgehead atoms. The molecule has 0 saturated carbocycles. The van der Waals surface area contributed by atoms with E-state index in [-0.39, 0.29) is 5.82 Å². The van der Waals surface area contributed by atoms with E-state index in [9.17, 15) is 4.39 Å². The molecule has 0 N–H and O–H groups in total. The van der Waals surface area contributed by atoms with Gasteiger partial charge in [0.05, 0.1) is 5.52 Å². The highest BCUT2D eigenvalue weighted by atomic mass is 19.1. The van der Waals surface area contributed by atoms with E-state index >= 15 is 0 Å². The van der Waals surface area contributed by atoms with E-state index in [2.05, 4.69) is 19.1 Å². The van der Waals surface area contributed by atoms with Crippen LogP contribution in [0.3, 0.4) is 0 Å². The second-order valence-electron chi connectivity index (χ2n) is 4.94. The Labute approximate surface area is 118 Å². The van der Waals surface area contributed by atoms with Gasteiger partial charge in [0.15, 0.2) is 0 Å². The maximum Gasteiger partial charge on any atom is 0.123 e. The topological polar surface area (TPSA) is 12.9 Å². The van der Waals surface area contributed by atoms with Crippen molar-refractivity contribution in [3.63, 3.8) is 0 Å². The van der Waals surface area contributed by atoms with E-state index in [1.807, 2.05) is 25.1 Å². The molecule has 20 heavy (non-hydrogen) atoms. The zero-order chi connectivity index (χ0) is 14.1. The summed E-state index contributed by atoms with van der Waals surface area (Å²) in [5.74, 6) is -0.217. The molecule has 3 aromatic rings. The predicted octanol–water partition coefficient (Wildman–Crippen LogP) is 4.91. The second kappa shape index (κ2) is 5.04. The van der Waals surface area contributed by atoms with Gasteiger partial charge in [0.1, 0.15) is 5.82 Å². The number of pyridine rings is 1. The summed E-state index contributed by atoms with van der Waals surface area (Å²) in [5.41, 5.74) is 5.29. The third-order valence-electron chi connectivity index (χ3n) is 3.68. The molecule has 0 aliphatic rings. The normalized spacial score (nSPS) is 10.9. The molecule has 0 aliphatic heterocycles. The van der Waals surface area contributed by atoms with Crippen molar-refractivity contribution in [3.8, 4) is 11.1 Å². The molecule has 2 heteroatoms. The van der Waals surface area contributed by atoms with Crippen LogP contribution in [-0.2, 0) is 6.42 Å². The maximum atomic E-state index is 13.5. The van der Waals surface area contributed by atoms with Crippen molar-refractivity contribution >= 4 is 10.9 Å². The Hall–Kier alpha value is -2.22. The van der Waals surface area contributed by atoms with Gasteiger partial charge in [-0.1, -0.05) is 37.3 Å². The minimum atomic E-state index is -0.217. The largest absolute Gasteiger partial charge is 0.252 e. The molecule has 1 aromatic heterocycles. The summed E-state index contributed by atoms with van der Waals surface area (Å²) in [7, 11) is 0. The van der Waals surface area contributed by atoms with Crippen LogP contribution in [0.4, 0.5) is 4.39 Å². The molecule has 0 radical (unpaired) electrons. The summed E-state index contributed by atoms with van der Waals surface area (Å²) in [6.45, 7) is 4.15. The molecule has 0 unspecified atom stereocenters. The van der Waals surface area contributed by atoms with Gasteiger partial charge < -0.3 is 0 Å². The van der Waals surface area contributed by atoms with E-state index in [0.29, 0.717) is 0 Å². The first kappa shape index (κ1) is 12.8. The molecule has 0 atom stereocenters. The zero-order valence-electron chi connectivity index (χ0n) is 11.7. The Morgan fingerprint density at radius 2 is 1.80 bits per heavy atom. The second-order valence-corrected chi connectivity index (χ2v) is 4.94. The number of fused-ring (bicyclic) bond motifs is 1. The maximum absolute atomic E-state index is 13.5. The summed E-state index contributed by atoms with van der Waals surface area (Å²) in [4.78, 5) is 4.71. The number of rotatable bonds is 2. The highest BCUT2D eigenvalue weighted by Gasteiger charge is 2.13. The lowest BCUT2D eigenvalue weighted by Gasteiger charge is -2.14. The fourth-order valence-corrected chi connectivity index (χ4v) is 2.70. The molecular formula is C18H16FN. The van der Waals surface area contributed by atoms with Gasteiger partial charge >= 0.3 is 0 Å². The van der Waals surface area contributed by atoms with Crippen LogP contribution in [0.25, 0.3) is 22.0 Å². The summed E-state index contributed by atoms with van der Waals surface area (Å²) in [5, 5.41) is 0.890. The van der Waals surface area contributed by atoms with Crippen molar-refractivity contribution in [3.05, 3.63) is 65.6 Å². The third kappa shape index (κ3) is 2.07. The molecule has 0 amide bonds. The SMILES string of the molecule is CCc1nc2ccc(F)cc2c(C)c1-c1ccccc1. The van der Waals surface area contributed by atoms with Crippen molar-refractivity contribution in [2.45, 2.75) is 20.3 Å². The molecule has 0 fully saturated rings. The van der Waals surface area contributed by atoms with E-state index in [0.717, 1.165) is 39.7 Å². The Balaban J connectivity index is 2.38. The first-order valence-electron chi connectivity index (χ1n) is 6.85. The van der Waals surface area contributed by atoms with E-state index in [4.69, 9.17) is 4.98 Å². The van der Waals surface area contributed by atoms with Gasteiger partial charge in [0, 0.05) is 16.6 Å². The zero-order valence-corrected chi connectivity index (χ0v) is 11.7. The van der Waals surface area contributed by atoms with Gasteiger partial charge in [-0.25, -0.2) is 4.39 Å². The molecule has 1 nitrogen and oxygen atoms in total. The Bertz CT molecular complexity index is 763. The van der Waals surface area contributed by atoms with Crippen LogP contribution in [0.2, 0.25) is 0 Å². The fourth-order valence-electron chi connectivity index (χ4n) is 2.70. The lowest BCUT2D eigenvalue weighted by molar-refractivity contribution is 0.629. The van der Waals surface area contributed by atoms with Crippen molar-refractivity contribution in [1.82, 2.24) is 4.98 Å². The average Bonchev–Trinajstić information content (AvgIpc) is 2.48. The van der Waals surface area contributed by atoms with Gasteiger partial charge in [-0.3, -0.25) is 4.98 Å². The summed E-state index contributed by atoms with van der Waals surface area (Å²) >= 11 is 0. The minimum Gasteiger partial charge on any atom is -0.252 e. The van der Waals surface area contributed by atoms with Crippen molar-refractivity contribution < 1.29 is 4.39 Å². The van der Waals surface area contributed by atoms with Gasteiger partial charge in [-0.15, -0.1) is 0 Å². The molecule has 0 spiro atoms. The van der Waals surface area contributed by atoms with E-state index in [1.54, 1.807) is 12.1 Å². The third-order valence-corrected chi connectivity index (χ3v) is 3.68. The van der Waals surface area contributed by atoms with Crippen LogP contribution in [-0.4, -0.2) is 4.98 Å². The Kier molecular flexibility index (Phi) is 3.23. The summed E-state index contributed by atoms with van der Waals surface area (Å²) in [6, 6.07) is 15.0. The lowest BCUT2D eigenvalue weighted by Crippen LogP contribution is -1.98. The van der Waals surface area contributed by atoms with Gasteiger partial charge in [0.2, 0.25) is 0 Å². The summed E-state index contributed by atoms with van der Waals surface area (Å²) in [6.07, 6.45) is 0.860. The molecule has 3 rings (SSSR count). The van der Waals surface area contributed by atoms with Gasteiger partial charge in [-0.2, -0.15) is 0 Å². The Morgan fingerprint density at radius 3 is 2.50 bits per heavy atom. The van der Waals surface area contributed by atoms with Crippen LogP contribution in [0.1, 0.15) is 18.2 Å². The number of aromatic nitrogens is 1.